The second-order valence-electron chi connectivity index (χ2n) is 5.26. The van der Waals surface area contributed by atoms with Crippen LogP contribution in [-0.2, 0) is 4.79 Å². The maximum atomic E-state index is 12.3. The van der Waals surface area contributed by atoms with Crippen molar-refractivity contribution in [1.82, 2.24) is 9.97 Å². The number of nitrogens with zero attached hydrogens (tertiary/aromatic N) is 2. The van der Waals surface area contributed by atoms with Crippen LogP contribution in [0.15, 0.2) is 41.6 Å². The van der Waals surface area contributed by atoms with Crippen LogP contribution in [0, 0.1) is 11.3 Å². The van der Waals surface area contributed by atoms with Crippen LogP contribution in [0.3, 0.4) is 0 Å². The molecular weight excluding hydrogens is 379 g/mol. The molecule has 0 aliphatic carbocycles. The Balaban J connectivity index is 1.69. The molecule has 25 heavy (non-hydrogen) atoms. The van der Waals surface area contributed by atoms with Crippen molar-refractivity contribution in [2.24, 2.45) is 0 Å². The zero-order chi connectivity index (χ0) is 18.0. The molecule has 0 aliphatic rings. The van der Waals surface area contributed by atoms with Gasteiger partial charge < -0.3 is 10.3 Å². The molecule has 1 amide bonds. The Bertz CT molecular complexity index is 996. The molecule has 126 valence electrons. The average Bonchev–Trinajstić information content (AvgIpc) is 2.96. The lowest BCUT2D eigenvalue weighted by atomic mass is 10.2. The van der Waals surface area contributed by atoms with Crippen molar-refractivity contribution in [2.75, 3.05) is 5.32 Å². The van der Waals surface area contributed by atoms with E-state index in [1.807, 2.05) is 12.1 Å². The third-order valence-electron chi connectivity index (χ3n) is 3.44. The Morgan fingerprint density at radius 1 is 1.32 bits per heavy atom. The summed E-state index contributed by atoms with van der Waals surface area (Å²) in [6.07, 6.45) is 0. The second kappa shape index (κ2) is 7.36. The number of rotatable bonds is 4. The first-order valence-electron chi connectivity index (χ1n) is 7.28. The SMILES string of the molecule is CC(Sc1nc2ccc(Cl)cc2[nH]1)C(=O)Nc1ccc(C#N)c(Cl)c1. The van der Waals surface area contributed by atoms with Gasteiger partial charge in [0, 0.05) is 10.7 Å². The molecule has 1 atom stereocenters. The molecule has 2 N–H and O–H groups in total. The number of H-pyrrole nitrogens is 1. The van der Waals surface area contributed by atoms with Crippen LogP contribution in [0.5, 0.6) is 0 Å². The molecule has 1 unspecified atom stereocenters. The molecule has 0 saturated carbocycles. The van der Waals surface area contributed by atoms with Gasteiger partial charge in [-0.05, 0) is 43.3 Å². The summed E-state index contributed by atoms with van der Waals surface area (Å²) in [5, 5.41) is 12.8. The van der Waals surface area contributed by atoms with Gasteiger partial charge in [-0.2, -0.15) is 5.26 Å². The van der Waals surface area contributed by atoms with Crippen LogP contribution < -0.4 is 5.32 Å². The molecular formula is C17H12Cl2N4OS. The maximum absolute atomic E-state index is 12.3. The number of aromatic amines is 1. The molecule has 3 rings (SSSR count). The summed E-state index contributed by atoms with van der Waals surface area (Å²) < 4.78 is 0. The Morgan fingerprint density at radius 2 is 2.12 bits per heavy atom. The summed E-state index contributed by atoms with van der Waals surface area (Å²) in [5.74, 6) is -0.190. The zero-order valence-corrected chi connectivity index (χ0v) is 15.3. The minimum absolute atomic E-state index is 0.190. The number of nitrogens with one attached hydrogen (secondary N) is 2. The number of carbonyl (C=O) groups is 1. The average molecular weight is 391 g/mol. The number of aromatic nitrogens is 2. The predicted octanol–water partition coefficient (Wildman–Crippen LogP) is 4.86. The highest BCUT2D eigenvalue weighted by atomic mass is 35.5. The fourth-order valence-electron chi connectivity index (χ4n) is 2.16. The van der Waals surface area contributed by atoms with Gasteiger partial charge >= 0.3 is 0 Å². The highest BCUT2D eigenvalue weighted by Crippen LogP contribution is 2.26. The van der Waals surface area contributed by atoms with Gasteiger partial charge in [0.25, 0.3) is 0 Å². The number of amides is 1. The summed E-state index contributed by atoms with van der Waals surface area (Å²) in [6.45, 7) is 1.78. The van der Waals surface area contributed by atoms with E-state index in [9.17, 15) is 4.79 Å². The fourth-order valence-corrected chi connectivity index (χ4v) is 3.38. The largest absolute Gasteiger partial charge is 0.333 e. The van der Waals surface area contributed by atoms with E-state index in [1.165, 1.54) is 11.8 Å². The molecule has 3 aromatic rings. The third kappa shape index (κ3) is 4.07. The normalized spacial score (nSPS) is 11.9. The van der Waals surface area contributed by atoms with Crippen molar-refractivity contribution < 1.29 is 4.79 Å². The Labute approximate surface area is 158 Å². The lowest BCUT2D eigenvalue weighted by Gasteiger charge is -2.11. The van der Waals surface area contributed by atoms with Gasteiger partial charge in [0.1, 0.15) is 6.07 Å². The lowest BCUT2D eigenvalue weighted by Crippen LogP contribution is -2.22. The number of hydrogen-bond acceptors (Lipinski definition) is 4. The molecule has 1 heterocycles. The fraction of sp³-hybridized carbons (Fsp3) is 0.118. The Kier molecular flexibility index (Phi) is 5.19. The van der Waals surface area contributed by atoms with Gasteiger partial charge in [-0.1, -0.05) is 35.0 Å². The molecule has 0 spiro atoms. The molecule has 0 saturated heterocycles. The smallest absolute Gasteiger partial charge is 0.237 e. The van der Waals surface area contributed by atoms with E-state index in [0.717, 1.165) is 11.0 Å². The van der Waals surface area contributed by atoms with Crippen LogP contribution in [0.2, 0.25) is 10.0 Å². The van der Waals surface area contributed by atoms with Gasteiger partial charge in [-0.15, -0.1) is 0 Å². The molecule has 8 heteroatoms. The summed E-state index contributed by atoms with van der Waals surface area (Å²) in [4.78, 5) is 19.9. The predicted molar refractivity (Wildman–Crippen MR) is 101 cm³/mol. The van der Waals surface area contributed by atoms with Crippen LogP contribution in [-0.4, -0.2) is 21.1 Å². The van der Waals surface area contributed by atoms with Crippen molar-refractivity contribution in [3.8, 4) is 6.07 Å². The summed E-state index contributed by atoms with van der Waals surface area (Å²) in [6, 6.07) is 12.1. The van der Waals surface area contributed by atoms with Crippen molar-refractivity contribution in [3.05, 3.63) is 52.0 Å². The number of nitriles is 1. The van der Waals surface area contributed by atoms with Crippen LogP contribution >= 0.6 is 35.0 Å². The quantitative estimate of drug-likeness (QED) is 0.623. The van der Waals surface area contributed by atoms with Crippen molar-refractivity contribution >= 4 is 57.6 Å². The molecule has 0 bridgehead atoms. The zero-order valence-electron chi connectivity index (χ0n) is 13.0. The Hall–Kier alpha value is -2.20. The summed E-state index contributed by atoms with van der Waals surface area (Å²) in [7, 11) is 0. The van der Waals surface area contributed by atoms with E-state index in [4.69, 9.17) is 28.5 Å². The van der Waals surface area contributed by atoms with E-state index in [-0.39, 0.29) is 11.2 Å². The van der Waals surface area contributed by atoms with E-state index in [0.29, 0.717) is 26.5 Å². The number of carbonyl (C=O) groups excluding carboxylic acids is 1. The minimum Gasteiger partial charge on any atom is -0.333 e. The van der Waals surface area contributed by atoms with Crippen molar-refractivity contribution in [3.63, 3.8) is 0 Å². The molecule has 2 aromatic carbocycles. The van der Waals surface area contributed by atoms with Crippen molar-refractivity contribution in [1.29, 1.82) is 5.26 Å². The second-order valence-corrected chi connectivity index (χ2v) is 7.43. The third-order valence-corrected chi connectivity index (χ3v) is 4.97. The number of imidazole rings is 1. The van der Waals surface area contributed by atoms with Gasteiger partial charge in [-0.3, -0.25) is 4.79 Å². The molecule has 1 aromatic heterocycles. The molecule has 0 fully saturated rings. The topological polar surface area (TPSA) is 81.6 Å². The maximum Gasteiger partial charge on any atom is 0.237 e. The molecule has 5 nitrogen and oxygen atoms in total. The standard InChI is InChI=1S/C17H12Cl2N4OS/c1-9(16(24)21-12-4-2-10(8-20)13(19)7-12)25-17-22-14-5-3-11(18)6-15(14)23-17/h2-7,9H,1H3,(H,21,24)(H,22,23). The Morgan fingerprint density at radius 3 is 2.84 bits per heavy atom. The number of fused-ring (bicyclic) bond motifs is 1. The van der Waals surface area contributed by atoms with E-state index < -0.39 is 0 Å². The van der Waals surface area contributed by atoms with Gasteiger partial charge in [0.05, 0.1) is 26.9 Å². The van der Waals surface area contributed by atoms with Crippen LogP contribution in [0.1, 0.15) is 12.5 Å². The summed E-state index contributed by atoms with van der Waals surface area (Å²) >= 11 is 13.2. The molecule has 0 aliphatic heterocycles. The van der Waals surface area contributed by atoms with Gasteiger partial charge in [-0.25, -0.2) is 4.98 Å². The first-order valence-corrected chi connectivity index (χ1v) is 8.92. The van der Waals surface area contributed by atoms with E-state index >= 15 is 0 Å². The first-order chi connectivity index (χ1) is 12.0. The lowest BCUT2D eigenvalue weighted by molar-refractivity contribution is -0.115. The number of thioether (sulfide) groups is 1. The highest BCUT2D eigenvalue weighted by molar-refractivity contribution is 8.00. The van der Waals surface area contributed by atoms with Crippen LogP contribution in [0.4, 0.5) is 5.69 Å². The van der Waals surface area contributed by atoms with Gasteiger partial charge in [0.2, 0.25) is 5.91 Å². The van der Waals surface area contributed by atoms with Gasteiger partial charge in [0.15, 0.2) is 5.16 Å². The van der Waals surface area contributed by atoms with E-state index in [1.54, 1.807) is 37.3 Å². The monoisotopic (exact) mass is 390 g/mol. The number of benzene rings is 2. The van der Waals surface area contributed by atoms with Crippen LogP contribution in [0.25, 0.3) is 11.0 Å². The number of hydrogen-bond donors (Lipinski definition) is 2. The number of anilines is 1. The minimum atomic E-state index is -0.384. The number of halogens is 2. The van der Waals surface area contributed by atoms with Crippen molar-refractivity contribution in [2.45, 2.75) is 17.3 Å². The molecule has 0 radical (unpaired) electrons. The highest BCUT2D eigenvalue weighted by Gasteiger charge is 2.17. The summed E-state index contributed by atoms with van der Waals surface area (Å²) in [5.41, 5.74) is 2.51. The first kappa shape index (κ1) is 17.6. The van der Waals surface area contributed by atoms with E-state index in [2.05, 4.69) is 15.3 Å².